The molecule has 1 aliphatic rings. The van der Waals surface area contributed by atoms with Gasteiger partial charge in [0.1, 0.15) is 0 Å². The molecule has 0 amide bonds. The Morgan fingerprint density at radius 3 is 2.86 bits per heavy atom. The monoisotopic (exact) mass is 192 g/mol. The third kappa shape index (κ3) is 1.72. The summed E-state index contributed by atoms with van der Waals surface area (Å²) >= 11 is 0. The zero-order valence-electron chi connectivity index (χ0n) is 8.73. The van der Waals surface area contributed by atoms with Crippen molar-refractivity contribution < 1.29 is 4.79 Å². The summed E-state index contributed by atoms with van der Waals surface area (Å²) in [7, 11) is 1.84. The number of Topliss-reactive ketones (excluding diaryl/α,β-unsaturated/α-hetero) is 1. The average molecular weight is 192 g/mol. The van der Waals surface area contributed by atoms with Crippen LogP contribution in [0.1, 0.15) is 36.5 Å². The van der Waals surface area contributed by atoms with Crippen molar-refractivity contribution in [3.8, 4) is 0 Å². The standard InChI is InChI=1S/C11H16N2O/c1-8-3-4-9(5-8)11(14)10-6-12-13(2)7-10/h6-9H,3-5H2,1-2H3. The predicted octanol–water partition coefficient (Wildman–Crippen LogP) is 2.04. The lowest BCUT2D eigenvalue weighted by Crippen LogP contribution is -2.10. The first kappa shape index (κ1) is 9.44. The van der Waals surface area contributed by atoms with E-state index in [2.05, 4.69) is 12.0 Å². The van der Waals surface area contributed by atoms with E-state index in [4.69, 9.17) is 0 Å². The molecule has 1 saturated carbocycles. The van der Waals surface area contributed by atoms with E-state index >= 15 is 0 Å². The summed E-state index contributed by atoms with van der Waals surface area (Å²) in [6.45, 7) is 2.22. The Morgan fingerprint density at radius 1 is 1.57 bits per heavy atom. The first-order chi connectivity index (χ1) is 6.66. The lowest BCUT2D eigenvalue weighted by molar-refractivity contribution is 0.0920. The van der Waals surface area contributed by atoms with Crippen molar-refractivity contribution in [1.82, 2.24) is 9.78 Å². The molecule has 0 aliphatic heterocycles. The minimum atomic E-state index is 0.245. The van der Waals surface area contributed by atoms with E-state index in [9.17, 15) is 4.79 Å². The van der Waals surface area contributed by atoms with Crippen LogP contribution in [0.4, 0.5) is 0 Å². The van der Waals surface area contributed by atoms with Crippen molar-refractivity contribution >= 4 is 5.78 Å². The van der Waals surface area contributed by atoms with E-state index in [1.807, 2.05) is 13.2 Å². The minimum Gasteiger partial charge on any atom is -0.294 e. The molecule has 2 atom stereocenters. The summed E-state index contributed by atoms with van der Waals surface area (Å²) < 4.78 is 1.69. The van der Waals surface area contributed by atoms with Gasteiger partial charge < -0.3 is 0 Å². The maximum Gasteiger partial charge on any atom is 0.169 e. The van der Waals surface area contributed by atoms with Crippen LogP contribution < -0.4 is 0 Å². The second-order valence-corrected chi connectivity index (χ2v) is 4.38. The second-order valence-electron chi connectivity index (χ2n) is 4.38. The molecule has 0 spiro atoms. The first-order valence-electron chi connectivity index (χ1n) is 5.19. The number of aromatic nitrogens is 2. The molecule has 0 N–H and O–H groups in total. The Bertz CT molecular complexity index is 343. The highest BCUT2D eigenvalue weighted by atomic mass is 16.1. The molecule has 3 nitrogen and oxygen atoms in total. The maximum atomic E-state index is 12.0. The van der Waals surface area contributed by atoms with Gasteiger partial charge in [0.15, 0.2) is 5.78 Å². The van der Waals surface area contributed by atoms with Gasteiger partial charge in [0.2, 0.25) is 0 Å². The average Bonchev–Trinajstić information content (AvgIpc) is 2.73. The number of ketones is 1. The summed E-state index contributed by atoms with van der Waals surface area (Å²) in [5.41, 5.74) is 0.770. The molecule has 1 aromatic rings. The largest absolute Gasteiger partial charge is 0.294 e. The molecule has 1 fully saturated rings. The molecule has 0 bridgehead atoms. The third-order valence-electron chi connectivity index (χ3n) is 3.05. The molecular weight excluding hydrogens is 176 g/mol. The van der Waals surface area contributed by atoms with Crippen LogP contribution in [0.15, 0.2) is 12.4 Å². The van der Waals surface area contributed by atoms with Gasteiger partial charge in [-0.1, -0.05) is 6.92 Å². The Hall–Kier alpha value is -1.12. The molecule has 1 aromatic heterocycles. The van der Waals surface area contributed by atoms with Gasteiger partial charge in [0.25, 0.3) is 0 Å². The molecule has 1 heterocycles. The summed E-state index contributed by atoms with van der Waals surface area (Å²) in [4.78, 5) is 12.0. The molecule has 3 heteroatoms. The summed E-state index contributed by atoms with van der Waals surface area (Å²) in [6, 6.07) is 0. The quantitative estimate of drug-likeness (QED) is 0.672. The lowest BCUT2D eigenvalue weighted by Gasteiger charge is -2.05. The fourth-order valence-corrected chi connectivity index (χ4v) is 2.23. The van der Waals surface area contributed by atoms with Crippen LogP contribution in [0.2, 0.25) is 0 Å². The predicted molar refractivity (Wildman–Crippen MR) is 54.0 cm³/mol. The van der Waals surface area contributed by atoms with Crippen molar-refractivity contribution in [1.29, 1.82) is 0 Å². The maximum absolute atomic E-state index is 12.0. The zero-order chi connectivity index (χ0) is 10.1. The van der Waals surface area contributed by atoms with E-state index < -0.39 is 0 Å². The highest BCUT2D eigenvalue weighted by Crippen LogP contribution is 2.32. The van der Waals surface area contributed by atoms with Crippen LogP contribution in [0.25, 0.3) is 0 Å². The van der Waals surface area contributed by atoms with Gasteiger partial charge in [-0.3, -0.25) is 9.48 Å². The Labute approximate surface area is 84.1 Å². The number of carbonyl (C=O) groups excluding carboxylic acids is 1. The van der Waals surface area contributed by atoms with Crippen molar-refractivity contribution in [2.24, 2.45) is 18.9 Å². The van der Waals surface area contributed by atoms with E-state index in [0.717, 1.165) is 18.4 Å². The van der Waals surface area contributed by atoms with Gasteiger partial charge >= 0.3 is 0 Å². The number of rotatable bonds is 2. The van der Waals surface area contributed by atoms with E-state index in [0.29, 0.717) is 5.92 Å². The highest BCUT2D eigenvalue weighted by molar-refractivity contribution is 5.97. The van der Waals surface area contributed by atoms with Gasteiger partial charge in [-0.2, -0.15) is 5.10 Å². The number of aryl methyl sites for hydroxylation is 1. The first-order valence-corrected chi connectivity index (χ1v) is 5.19. The SMILES string of the molecule is CC1CCC(C(=O)c2cnn(C)c2)C1. The Balaban J connectivity index is 2.09. The van der Waals surface area contributed by atoms with Crippen molar-refractivity contribution in [2.45, 2.75) is 26.2 Å². The topological polar surface area (TPSA) is 34.9 Å². The molecular formula is C11H16N2O. The van der Waals surface area contributed by atoms with Gasteiger partial charge in [0, 0.05) is 19.2 Å². The number of carbonyl (C=O) groups is 1. The van der Waals surface area contributed by atoms with Crippen LogP contribution in [-0.4, -0.2) is 15.6 Å². The molecule has 14 heavy (non-hydrogen) atoms. The summed E-state index contributed by atoms with van der Waals surface area (Å²) in [5, 5.41) is 4.02. The van der Waals surface area contributed by atoms with Crippen molar-refractivity contribution in [3.63, 3.8) is 0 Å². The summed E-state index contributed by atoms with van der Waals surface area (Å²) in [6.07, 6.45) is 6.77. The van der Waals surface area contributed by atoms with Gasteiger partial charge in [-0.25, -0.2) is 0 Å². The fraction of sp³-hybridized carbons (Fsp3) is 0.636. The normalized spacial score (nSPS) is 26.7. The van der Waals surface area contributed by atoms with Crippen LogP contribution in [0.5, 0.6) is 0 Å². The molecule has 1 aliphatic carbocycles. The van der Waals surface area contributed by atoms with Crippen LogP contribution in [0.3, 0.4) is 0 Å². The zero-order valence-corrected chi connectivity index (χ0v) is 8.73. The van der Waals surface area contributed by atoms with Crippen LogP contribution in [0, 0.1) is 11.8 Å². The van der Waals surface area contributed by atoms with Crippen LogP contribution in [-0.2, 0) is 7.05 Å². The number of hydrogen-bond acceptors (Lipinski definition) is 2. The Kier molecular flexibility index (Phi) is 2.40. The van der Waals surface area contributed by atoms with Crippen molar-refractivity contribution in [2.75, 3.05) is 0 Å². The molecule has 0 radical (unpaired) electrons. The lowest BCUT2D eigenvalue weighted by atomic mass is 9.97. The molecule has 76 valence electrons. The minimum absolute atomic E-state index is 0.245. The molecule has 0 aromatic carbocycles. The van der Waals surface area contributed by atoms with Gasteiger partial charge in [-0.15, -0.1) is 0 Å². The van der Waals surface area contributed by atoms with Crippen LogP contribution >= 0.6 is 0 Å². The fourth-order valence-electron chi connectivity index (χ4n) is 2.23. The Morgan fingerprint density at radius 2 is 2.36 bits per heavy atom. The highest BCUT2D eigenvalue weighted by Gasteiger charge is 2.28. The van der Waals surface area contributed by atoms with Gasteiger partial charge in [0.05, 0.1) is 11.8 Å². The van der Waals surface area contributed by atoms with E-state index in [1.165, 1.54) is 6.42 Å². The van der Waals surface area contributed by atoms with Crippen molar-refractivity contribution in [3.05, 3.63) is 18.0 Å². The van der Waals surface area contributed by atoms with E-state index in [-0.39, 0.29) is 11.7 Å². The van der Waals surface area contributed by atoms with E-state index in [1.54, 1.807) is 10.9 Å². The summed E-state index contributed by atoms with van der Waals surface area (Å²) in [5.74, 6) is 1.23. The van der Waals surface area contributed by atoms with Gasteiger partial charge in [-0.05, 0) is 25.2 Å². The molecule has 2 unspecified atom stereocenters. The number of nitrogens with zero attached hydrogens (tertiary/aromatic N) is 2. The molecule has 2 rings (SSSR count). The smallest absolute Gasteiger partial charge is 0.169 e. The number of hydrogen-bond donors (Lipinski definition) is 0. The molecule has 0 saturated heterocycles. The third-order valence-corrected chi connectivity index (χ3v) is 3.05. The second kappa shape index (κ2) is 3.56.